The third kappa shape index (κ3) is 8.47. The second kappa shape index (κ2) is 13.6. The van der Waals surface area contributed by atoms with Gasteiger partial charge in [0.1, 0.15) is 5.75 Å². The van der Waals surface area contributed by atoms with Gasteiger partial charge >= 0.3 is 11.9 Å². The Hall–Kier alpha value is -4.68. The molecule has 6 nitrogen and oxygen atoms in total. The van der Waals surface area contributed by atoms with Crippen molar-refractivity contribution < 1.29 is 37.4 Å². The Morgan fingerprint density at radius 1 is 0.947 bits per heavy atom. The predicted octanol–water partition coefficient (Wildman–Crippen LogP) is 6.00. The molecule has 3 rings (SSSR count). The molecular weight excluding hydrogens is 514 g/mol. The molecule has 0 saturated heterocycles. The molecule has 0 aliphatic rings. The maximum atomic E-state index is 14.3. The second-order valence-corrected chi connectivity index (χ2v) is 8.43. The van der Waals surface area contributed by atoms with E-state index in [0.29, 0.717) is 21.6 Å². The van der Waals surface area contributed by atoms with E-state index >= 15 is 0 Å². The monoisotopic (exact) mass is 534 g/mol. The summed E-state index contributed by atoms with van der Waals surface area (Å²) in [5.41, 5.74) is 1.45. The zero-order valence-electron chi connectivity index (χ0n) is 19.9. The summed E-state index contributed by atoms with van der Waals surface area (Å²) in [5, 5.41) is -0.244. The van der Waals surface area contributed by atoms with Crippen LogP contribution in [0.4, 0.5) is 8.78 Å². The van der Waals surface area contributed by atoms with Crippen LogP contribution in [0.25, 0.3) is 0 Å². The Balaban J connectivity index is 1.55. The Morgan fingerprint density at radius 2 is 1.61 bits per heavy atom. The third-order valence-corrected chi connectivity index (χ3v) is 5.58. The molecule has 0 fully saturated rings. The van der Waals surface area contributed by atoms with E-state index in [0.717, 1.165) is 18.0 Å². The number of thioether (sulfide) groups is 1. The summed E-state index contributed by atoms with van der Waals surface area (Å²) in [7, 11) is 0. The van der Waals surface area contributed by atoms with Crippen LogP contribution in [0.5, 0.6) is 11.5 Å². The fourth-order valence-corrected chi connectivity index (χ4v) is 3.57. The summed E-state index contributed by atoms with van der Waals surface area (Å²) in [4.78, 5) is 35.7. The smallest absolute Gasteiger partial charge is 0.371 e. The van der Waals surface area contributed by atoms with Crippen molar-refractivity contribution in [2.45, 2.75) is 11.3 Å². The van der Waals surface area contributed by atoms with Gasteiger partial charge in [0, 0.05) is 21.6 Å². The Kier molecular flexibility index (Phi) is 9.97. The summed E-state index contributed by atoms with van der Waals surface area (Å²) in [5.74, 6) is 2.32. The standard InChI is InChI=1S/C29H20F2O6S/c1-3-35-27(32)16-17-36-26-15-8-21(18-25(26)31)5-4-20-6-13-24(14-7-20)38-29(34)22-9-11-23(12-10-22)37-28(33)19(2)30/h3,6-15,18H,1-2,16-17H2. The maximum Gasteiger partial charge on any atom is 0.371 e. The van der Waals surface area contributed by atoms with Gasteiger partial charge < -0.3 is 14.2 Å². The molecule has 0 N–H and O–H groups in total. The van der Waals surface area contributed by atoms with Gasteiger partial charge in [-0.1, -0.05) is 25.0 Å². The third-order valence-electron chi connectivity index (χ3n) is 4.65. The molecular formula is C29H20F2O6S. The van der Waals surface area contributed by atoms with E-state index in [-0.39, 0.29) is 29.6 Å². The number of halogens is 2. The summed E-state index contributed by atoms with van der Waals surface area (Å²) >= 11 is 0.993. The van der Waals surface area contributed by atoms with Gasteiger partial charge in [0.25, 0.3) is 0 Å². The minimum Gasteiger partial charge on any atom is -0.490 e. The molecule has 0 bridgehead atoms. The number of hydrogen-bond acceptors (Lipinski definition) is 7. The fourth-order valence-electron chi connectivity index (χ4n) is 2.83. The number of hydrogen-bond donors (Lipinski definition) is 0. The van der Waals surface area contributed by atoms with Crippen molar-refractivity contribution in [2.75, 3.05) is 6.61 Å². The van der Waals surface area contributed by atoms with E-state index in [9.17, 15) is 23.2 Å². The van der Waals surface area contributed by atoms with Gasteiger partial charge in [-0.25, -0.2) is 9.18 Å². The zero-order valence-corrected chi connectivity index (χ0v) is 20.7. The lowest BCUT2D eigenvalue weighted by Crippen LogP contribution is -2.07. The van der Waals surface area contributed by atoms with E-state index in [4.69, 9.17) is 9.47 Å². The van der Waals surface area contributed by atoms with E-state index in [2.05, 4.69) is 29.7 Å². The van der Waals surface area contributed by atoms with E-state index in [1.165, 1.54) is 36.4 Å². The summed E-state index contributed by atoms with van der Waals surface area (Å²) in [6.07, 6.45) is 0.968. The average molecular weight is 535 g/mol. The highest BCUT2D eigenvalue weighted by atomic mass is 32.2. The van der Waals surface area contributed by atoms with Crippen LogP contribution in [-0.2, 0) is 14.3 Å². The van der Waals surface area contributed by atoms with Gasteiger partial charge in [-0.2, -0.15) is 4.39 Å². The molecule has 0 aliphatic heterocycles. The van der Waals surface area contributed by atoms with Crippen LogP contribution >= 0.6 is 11.8 Å². The van der Waals surface area contributed by atoms with Crippen molar-refractivity contribution in [1.29, 1.82) is 0 Å². The van der Waals surface area contributed by atoms with Crippen molar-refractivity contribution in [3.05, 3.63) is 114 Å². The zero-order chi connectivity index (χ0) is 27.5. The molecule has 0 aliphatic carbocycles. The highest BCUT2D eigenvalue weighted by Crippen LogP contribution is 2.25. The molecule has 0 spiro atoms. The lowest BCUT2D eigenvalue weighted by molar-refractivity contribution is -0.138. The number of rotatable bonds is 9. The molecule has 3 aromatic carbocycles. The van der Waals surface area contributed by atoms with Gasteiger partial charge in [-0.3, -0.25) is 9.59 Å². The molecule has 9 heteroatoms. The first-order chi connectivity index (χ1) is 18.2. The summed E-state index contributed by atoms with van der Waals surface area (Å²) in [6.45, 7) is 6.09. The predicted molar refractivity (Wildman–Crippen MR) is 138 cm³/mol. The number of carbonyl (C=O) groups is 3. The maximum absolute atomic E-state index is 14.3. The van der Waals surface area contributed by atoms with Crippen LogP contribution in [0.1, 0.15) is 27.9 Å². The van der Waals surface area contributed by atoms with Gasteiger partial charge in [-0.05, 0) is 78.5 Å². The van der Waals surface area contributed by atoms with E-state index in [1.807, 2.05) is 0 Å². The second-order valence-electron chi connectivity index (χ2n) is 7.38. The van der Waals surface area contributed by atoms with E-state index in [1.54, 1.807) is 30.3 Å². The molecule has 192 valence electrons. The lowest BCUT2D eigenvalue weighted by Gasteiger charge is -2.06. The van der Waals surface area contributed by atoms with E-state index < -0.39 is 23.6 Å². The molecule has 0 amide bonds. The normalized spacial score (nSPS) is 9.95. The number of benzene rings is 3. The van der Waals surface area contributed by atoms with Crippen LogP contribution in [0, 0.1) is 17.7 Å². The Bertz CT molecular complexity index is 1420. The van der Waals surface area contributed by atoms with Crippen molar-refractivity contribution in [2.24, 2.45) is 0 Å². The molecule has 0 unspecified atom stereocenters. The molecule has 3 aromatic rings. The lowest BCUT2D eigenvalue weighted by atomic mass is 10.1. The van der Waals surface area contributed by atoms with Gasteiger partial charge in [-0.15, -0.1) is 0 Å². The molecule has 0 heterocycles. The quantitative estimate of drug-likeness (QED) is 0.0832. The van der Waals surface area contributed by atoms with Crippen LogP contribution in [0.2, 0.25) is 0 Å². The largest absolute Gasteiger partial charge is 0.490 e. The number of carbonyl (C=O) groups excluding carboxylic acids is 3. The van der Waals surface area contributed by atoms with Gasteiger partial charge in [0.15, 0.2) is 11.6 Å². The molecule has 0 aromatic heterocycles. The highest BCUT2D eigenvalue weighted by Gasteiger charge is 2.12. The number of esters is 2. The topological polar surface area (TPSA) is 78.9 Å². The Morgan fingerprint density at radius 3 is 2.24 bits per heavy atom. The minimum atomic E-state index is -1.22. The fraction of sp³-hybridized carbons (Fsp3) is 0.0690. The molecule has 0 saturated carbocycles. The average Bonchev–Trinajstić information content (AvgIpc) is 2.90. The van der Waals surface area contributed by atoms with Crippen LogP contribution in [-0.4, -0.2) is 23.7 Å². The molecule has 0 radical (unpaired) electrons. The van der Waals surface area contributed by atoms with Gasteiger partial charge in [0.05, 0.1) is 19.3 Å². The van der Waals surface area contributed by atoms with Crippen LogP contribution in [0.3, 0.4) is 0 Å². The first kappa shape index (κ1) is 27.9. The molecule has 38 heavy (non-hydrogen) atoms. The van der Waals surface area contributed by atoms with Crippen LogP contribution in [0.15, 0.2) is 96.9 Å². The van der Waals surface area contributed by atoms with Crippen molar-refractivity contribution in [1.82, 2.24) is 0 Å². The van der Waals surface area contributed by atoms with Crippen molar-refractivity contribution >= 4 is 28.8 Å². The first-order valence-electron chi connectivity index (χ1n) is 11.0. The first-order valence-corrected chi connectivity index (χ1v) is 11.8. The minimum absolute atomic E-state index is 0.00527. The van der Waals surface area contributed by atoms with Crippen molar-refractivity contribution in [3.8, 4) is 23.3 Å². The SMILES string of the molecule is C=COC(=O)CCOc1ccc(C#Cc2ccc(SC(=O)c3ccc(OC(=O)C(=C)F)cc3)cc2)cc1F. The highest BCUT2D eigenvalue weighted by molar-refractivity contribution is 8.14. The Labute approximate surface area is 221 Å². The van der Waals surface area contributed by atoms with Gasteiger partial charge in [0.2, 0.25) is 10.9 Å². The number of ether oxygens (including phenoxy) is 3. The summed E-state index contributed by atoms with van der Waals surface area (Å²) < 4.78 is 41.6. The molecule has 0 atom stereocenters. The van der Waals surface area contributed by atoms with Crippen LogP contribution < -0.4 is 9.47 Å². The van der Waals surface area contributed by atoms with Crippen molar-refractivity contribution in [3.63, 3.8) is 0 Å². The summed E-state index contributed by atoms with van der Waals surface area (Å²) in [6, 6.07) is 16.9.